The molecule has 4 N–H and O–H groups in total. The molecule has 0 saturated carbocycles. The summed E-state index contributed by atoms with van der Waals surface area (Å²) in [7, 11) is 1.29. The molecule has 12 heteroatoms. The molecule has 1 fully saturated rings. The Labute approximate surface area is 174 Å². The first-order chi connectivity index (χ1) is 13.8. The molecule has 10 nitrogen and oxygen atoms in total. The Bertz CT molecular complexity index is 870. The van der Waals surface area contributed by atoms with Crippen molar-refractivity contribution in [2.75, 3.05) is 19.5 Å². The Hall–Kier alpha value is -2.57. The number of carboxylic acid groups (broad SMARTS) is 1. The summed E-state index contributed by atoms with van der Waals surface area (Å²) < 4.78 is 10.0. The number of hydrogen-bond donors (Lipinski definition) is 3. The molecule has 1 aromatic heterocycles. The number of rotatable bonds is 8. The number of fused-ring (bicyclic) bond motifs is 1. The smallest absolute Gasteiger partial charge is 0.404 e. The number of ether oxygens (including phenoxy) is 2. The van der Waals surface area contributed by atoms with E-state index in [1.807, 2.05) is 11.4 Å². The van der Waals surface area contributed by atoms with Crippen LogP contribution in [0.5, 0.6) is 0 Å². The Morgan fingerprint density at radius 1 is 1.45 bits per heavy atom. The summed E-state index contributed by atoms with van der Waals surface area (Å²) >= 11 is 2.68. The van der Waals surface area contributed by atoms with E-state index in [2.05, 4.69) is 10.1 Å². The van der Waals surface area contributed by atoms with Crippen LogP contribution in [-0.4, -0.2) is 64.5 Å². The molecule has 156 valence electrons. The molecule has 0 aliphatic carbocycles. The zero-order valence-electron chi connectivity index (χ0n) is 15.4. The molecule has 3 rings (SSSR count). The second kappa shape index (κ2) is 8.43. The predicted molar refractivity (Wildman–Crippen MR) is 104 cm³/mol. The van der Waals surface area contributed by atoms with Crippen molar-refractivity contribution in [3.8, 4) is 0 Å². The minimum Gasteiger partial charge on any atom is -0.477 e. The molecule has 1 saturated heterocycles. The first-order valence-electron chi connectivity index (χ1n) is 8.51. The van der Waals surface area contributed by atoms with Crippen LogP contribution < -0.4 is 11.1 Å². The monoisotopic (exact) mass is 441 g/mol. The maximum atomic E-state index is 12.9. The normalized spacial score (nSPS) is 23.3. The van der Waals surface area contributed by atoms with Crippen LogP contribution in [0.4, 0.5) is 4.79 Å². The molecule has 0 radical (unpaired) electrons. The molecule has 0 aromatic carbocycles. The van der Waals surface area contributed by atoms with Crippen LogP contribution >= 0.6 is 23.1 Å². The number of carboxylic acids is 1. The van der Waals surface area contributed by atoms with E-state index >= 15 is 0 Å². The number of nitrogens with two attached hydrogens (primary N) is 1. The Morgan fingerprint density at radius 3 is 2.79 bits per heavy atom. The lowest BCUT2D eigenvalue weighted by Crippen LogP contribution is -2.80. The van der Waals surface area contributed by atoms with Crippen molar-refractivity contribution in [3.63, 3.8) is 0 Å². The first-order valence-corrected chi connectivity index (χ1v) is 10.4. The maximum Gasteiger partial charge on any atom is 0.404 e. The minimum absolute atomic E-state index is 0.0881. The van der Waals surface area contributed by atoms with Crippen molar-refractivity contribution < 1.29 is 33.8 Å². The quantitative estimate of drug-likeness (QED) is 0.390. The van der Waals surface area contributed by atoms with Gasteiger partial charge >= 0.3 is 12.1 Å². The standard InChI is InChI=1S/C17H19N3O7S2/c1-26-17(19-11(21)7-10-3-2-6-28-10)14(24)20-12(13(22)23)9(8-29-15(17)20)4-5-27-16(18)25/h2-3,6,15H,4-5,7-8H2,1H3,(H2,18,25)(H,19,21)(H,22,23)/t15-,17-/m0/s1. The van der Waals surface area contributed by atoms with E-state index < -0.39 is 35.0 Å². The van der Waals surface area contributed by atoms with E-state index in [1.165, 1.54) is 30.2 Å². The third-order valence-corrected chi connectivity index (χ3v) is 6.77. The van der Waals surface area contributed by atoms with Crippen LogP contribution in [0.3, 0.4) is 0 Å². The highest BCUT2D eigenvalue weighted by Crippen LogP contribution is 2.47. The Morgan fingerprint density at radius 2 is 2.21 bits per heavy atom. The third-order valence-electron chi connectivity index (χ3n) is 4.52. The van der Waals surface area contributed by atoms with E-state index in [0.29, 0.717) is 5.57 Å². The molecule has 2 aliphatic heterocycles. The summed E-state index contributed by atoms with van der Waals surface area (Å²) in [4.78, 5) is 49.8. The Balaban J connectivity index is 1.78. The highest BCUT2D eigenvalue weighted by molar-refractivity contribution is 8.00. The lowest BCUT2D eigenvalue weighted by molar-refractivity contribution is -0.192. The van der Waals surface area contributed by atoms with Gasteiger partial charge in [-0.05, 0) is 17.0 Å². The van der Waals surface area contributed by atoms with Crippen molar-refractivity contribution in [2.24, 2.45) is 5.73 Å². The summed E-state index contributed by atoms with van der Waals surface area (Å²) in [6, 6.07) is 3.62. The van der Waals surface area contributed by atoms with Crippen molar-refractivity contribution >= 4 is 47.0 Å². The Kier molecular flexibility index (Phi) is 6.15. The fourth-order valence-corrected chi connectivity index (χ4v) is 5.42. The van der Waals surface area contributed by atoms with Crippen molar-refractivity contribution in [1.82, 2.24) is 10.2 Å². The van der Waals surface area contributed by atoms with E-state index in [1.54, 1.807) is 6.07 Å². The topological polar surface area (TPSA) is 148 Å². The van der Waals surface area contributed by atoms with Crippen molar-refractivity contribution in [1.29, 1.82) is 0 Å². The van der Waals surface area contributed by atoms with Gasteiger partial charge in [-0.3, -0.25) is 14.5 Å². The van der Waals surface area contributed by atoms with Gasteiger partial charge in [0.05, 0.1) is 13.0 Å². The number of aliphatic carboxylic acids is 1. The van der Waals surface area contributed by atoms with Gasteiger partial charge in [0.2, 0.25) is 5.91 Å². The number of thioether (sulfide) groups is 1. The fraction of sp³-hybridized carbons (Fsp3) is 0.412. The predicted octanol–water partition coefficient (Wildman–Crippen LogP) is 0.489. The summed E-state index contributed by atoms with van der Waals surface area (Å²) in [5.74, 6) is -2.08. The highest BCUT2D eigenvalue weighted by Gasteiger charge is 2.66. The van der Waals surface area contributed by atoms with Crippen molar-refractivity contribution in [3.05, 3.63) is 33.7 Å². The number of nitrogens with zero attached hydrogens (tertiary/aromatic N) is 1. The average Bonchev–Trinajstić information content (AvgIpc) is 3.17. The number of carbonyl (C=O) groups is 4. The van der Waals surface area contributed by atoms with Crippen LogP contribution in [0.25, 0.3) is 0 Å². The molecule has 3 heterocycles. The maximum absolute atomic E-state index is 12.9. The number of amides is 3. The lowest BCUT2D eigenvalue weighted by atomic mass is 9.97. The van der Waals surface area contributed by atoms with E-state index in [-0.39, 0.29) is 30.9 Å². The van der Waals surface area contributed by atoms with Crippen molar-refractivity contribution in [2.45, 2.75) is 23.9 Å². The van der Waals surface area contributed by atoms with E-state index in [9.17, 15) is 24.3 Å². The average molecular weight is 441 g/mol. The summed E-state index contributed by atoms with van der Waals surface area (Å²) in [6.45, 7) is -0.0956. The molecule has 0 unspecified atom stereocenters. The zero-order chi connectivity index (χ0) is 21.2. The van der Waals surface area contributed by atoms with Gasteiger partial charge < -0.3 is 25.6 Å². The number of primary amides is 1. The van der Waals surface area contributed by atoms with Gasteiger partial charge in [0.25, 0.3) is 11.6 Å². The molecular formula is C17H19N3O7S2. The lowest BCUT2D eigenvalue weighted by Gasteiger charge is -2.55. The van der Waals surface area contributed by atoms with Crippen LogP contribution in [0, 0.1) is 0 Å². The van der Waals surface area contributed by atoms with Crippen LogP contribution in [0.15, 0.2) is 28.8 Å². The van der Waals surface area contributed by atoms with Gasteiger partial charge in [0.15, 0.2) is 0 Å². The number of hydrogen-bond acceptors (Lipinski definition) is 8. The van der Waals surface area contributed by atoms with Crippen LogP contribution in [0.2, 0.25) is 0 Å². The molecular weight excluding hydrogens is 422 g/mol. The second-order valence-electron chi connectivity index (χ2n) is 6.26. The largest absolute Gasteiger partial charge is 0.477 e. The van der Waals surface area contributed by atoms with E-state index in [4.69, 9.17) is 10.5 Å². The summed E-state index contributed by atoms with van der Waals surface area (Å²) in [5.41, 5.74) is 3.53. The first kappa shape index (κ1) is 21.1. The fourth-order valence-electron chi connectivity index (χ4n) is 3.23. The van der Waals surface area contributed by atoms with Gasteiger partial charge in [-0.1, -0.05) is 6.07 Å². The molecule has 2 aliphatic rings. The number of thiophene rings is 1. The van der Waals surface area contributed by atoms with Gasteiger partial charge in [-0.2, -0.15) is 0 Å². The zero-order valence-corrected chi connectivity index (χ0v) is 17.0. The van der Waals surface area contributed by atoms with Gasteiger partial charge in [0, 0.05) is 24.2 Å². The van der Waals surface area contributed by atoms with Crippen LogP contribution in [0.1, 0.15) is 11.3 Å². The number of carbonyl (C=O) groups excluding carboxylic acids is 3. The molecule has 3 amide bonds. The van der Waals surface area contributed by atoms with Gasteiger partial charge in [-0.15, -0.1) is 23.1 Å². The van der Waals surface area contributed by atoms with Crippen LogP contribution in [-0.2, 0) is 30.3 Å². The molecule has 0 spiro atoms. The second-order valence-corrected chi connectivity index (χ2v) is 8.36. The third kappa shape index (κ3) is 3.95. The summed E-state index contributed by atoms with van der Waals surface area (Å²) in [5, 5.41) is 13.4. The highest BCUT2D eigenvalue weighted by atomic mass is 32.2. The van der Waals surface area contributed by atoms with E-state index in [0.717, 1.165) is 9.78 Å². The van der Waals surface area contributed by atoms with Gasteiger partial charge in [0.1, 0.15) is 11.1 Å². The van der Waals surface area contributed by atoms with Gasteiger partial charge in [-0.25, -0.2) is 9.59 Å². The summed E-state index contributed by atoms with van der Waals surface area (Å²) in [6.07, 6.45) is -0.750. The minimum atomic E-state index is -1.63. The number of methoxy groups -OCH3 is 1. The molecule has 29 heavy (non-hydrogen) atoms. The number of β-lactam (4-membered cyclic amide) rings is 1. The molecule has 0 bridgehead atoms. The number of nitrogens with one attached hydrogen (secondary N) is 1. The molecule has 1 aromatic rings. The molecule has 2 atom stereocenters. The SMILES string of the molecule is CO[C@@]1(NC(=O)Cc2cccs2)C(=O)N2C(C(=O)O)=C(CCOC(N)=O)CS[C@H]21.